The highest BCUT2D eigenvalue weighted by atomic mass is 35.5. The van der Waals surface area contributed by atoms with E-state index in [1.54, 1.807) is 6.07 Å². The number of nitrogens with one attached hydrogen (secondary N) is 2. The van der Waals surface area contributed by atoms with Crippen molar-refractivity contribution in [3.63, 3.8) is 0 Å². The zero-order chi connectivity index (χ0) is 19.6. The molecular weight excluding hydrogens is 374 g/mol. The van der Waals surface area contributed by atoms with Gasteiger partial charge in [-0.05, 0) is 49.2 Å². The van der Waals surface area contributed by atoms with Gasteiger partial charge in [-0.15, -0.1) is 0 Å². The second kappa shape index (κ2) is 7.67. The van der Waals surface area contributed by atoms with Crippen molar-refractivity contribution in [1.82, 2.24) is 9.97 Å². The van der Waals surface area contributed by atoms with E-state index in [0.717, 1.165) is 23.3 Å². The number of nitrogens with zero attached hydrogens (tertiary/aromatic N) is 2. The maximum Gasteiger partial charge on any atom is 0.274 e. The molecule has 0 fully saturated rings. The number of carbonyl (C=O) groups is 1. The molecule has 3 aromatic rings. The van der Waals surface area contributed by atoms with E-state index in [-0.39, 0.29) is 11.6 Å². The van der Waals surface area contributed by atoms with Crippen LogP contribution >= 0.6 is 11.6 Å². The second-order valence-electron chi connectivity index (χ2n) is 5.88. The summed E-state index contributed by atoms with van der Waals surface area (Å²) >= 11 is 6.20. The van der Waals surface area contributed by atoms with Gasteiger partial charge in [0.25, 0.3) is 5.91 Å². The molecule has 1 heterocycles. The van der Waals surface area contributed by atoms with Crippen LogP contribution in [0.15, 0.2) is 42.6 Å². The standard InChI is InChI=1S/C19H15ClF2N4O/c1-10-8-11(2)16(12(20)9-10)25-18(27)15-6-7-23-19(24-15)26-17-13(21)4-3-5-14(17)22/h3-9H,1-2H3,(H,25,27)(H,23,24,26). The Hall–Kier alpha value is -3.06. The van der Waals surface area contributed by atoms with Crippen LogP contribution < -0.4 is 10.6 Å². The molecule has 1 aromatic heterocycles. The maximum absolute atomic E-state index is 13.8. The summed E-state index contributed by atoms with van der Waals surface area (Å²) in [7, 11) is 0. The fraction of sp³-hybridized carbons (Fsp3) is 0.105. The molecule has 138 valence electrons. The summed E-state index contributed by atoms with van der Waals surface area (Å²) in [6.45, 7) is 3.72. The minimum atomic E-state index is -0.796. The molecule has 0 radical (unpaired) electrons. The van der Waals surface area contributed by atoms with Crippen LogP contribution in [-0.4, -0.2) is 15.9 Å². The molecule has 0 spiro atoms. The van der Waals surface area contributed by atoms with Gasteiger partial charge >= 0.3 is 0 Å². The molecule has 0 bridgehead atoms. The number of hydrogen-bond donors (Lipinski definition) is 2. The highest BCUT2D eigenvalue weighted by Gasteiger charge is 2.15. The third-order valence-corrected chi connectivity index (χ3v) is 4.06. The lowest BCUT2D eigenvalue weighted by Crippen LogP contribution is -2.16. The van der Waals surface area contributed by atoms with Crippen molar-refractivity contribution in [2.24, 2.45) is 0 Å². The highest BCUT2D eigenvalue weighted by Crippen LogP contribution is 2.28. The average Bonchev–Trinajstić information content (AvgIpc) is 2.61. The van der Waals surface area contributed by atoms with Crippen molar-refractivity contribution >= 4 is 34.8 Å². The number of carbonyl (C=O) groups excluding carboxylic acids is 1. The Morgan fingerprint density at radius 3 is 2.44 bits per heavy atom. The van der Waals surface area contributed by atoms with E-state index in [4.69, 9.17) is 11.6 Å². The lowest BCUT2D eigenvalue weighted by atomic mass is 10.1. The van der Waals surface area contributed by atoms with Gasteiger partial charge in [0.05, 0.1) is 10.7 Å². The summed E-state index contributed by atoms with van der Waals surface area (Å²) in [4.78, 5) is 20.4. The predicted octanol–water partition coefficient (Wildman–Crippen LogP) is 5.02. The Balaban J connectivity index is 1.84. The molecule has 0 aliphatic carbocycles. The second-order valence-corrected chi connectivity index (χ2v) is 6.29. The number of aromatic nitrogens is 2. The van der Waals surface area contributed by atoms with Crippen molar-refractivity contribution < 1.29 is 13.6 Å². The van der Waals surface area contributed by atoms with Crippen LogP contribution in [0.2, 0.25) is 5.02 Å². The van der Waals surface area contributed by atoms with Crippen LogP contribution in [0, 0.1) is 25.5 Å². The van der Waals surface area contributed by atoms with Gasteiger partial charge in [-0.1, -0.05) is 23.7 Å². The smallest absolute Gasteiger partial charge is 0.274 e. The Morgan fingerprint density at radius 2 is 1.78 bits per heavy atom. The fourth-order valence-corrected chi connectivity index (χ4v) is 2.89. The summed E-state index contributed by atoms with van der Waals surface area (Å²) in [5.41, 5.74) is 1.86. The highest BCUT2D eigenvalue weighted by molar-refractivity contribution is 6.34. The SMILES string of the molecule is Cc1cc(C)c(NC(=O)c2ccnc(Nc3c(F)cccc3F)n2)c(Cl)c1. The molecule has 0 saturated heterocycles. The van der Waals surface area contributed by atoms with Gasteiger partial charge < -0.3 is 10.6 Å². The molecule has 1 amide bonds. The van der Waals surface area contributed by atoms with E-state index in [2.05, 4.69) is 20.6 Å². The van der Waals surface area contributed by atoms with Crippen LogP contribution in [0.3, 0.4) is 0 Å². The first-order valence-corrected chi connectivity index (χ1v) is 8.35. The summed E-state index contributed by atoms with van der Waals surface area (Å²) in [5, 5.41) is 5.55. The minimum absolute atomic E-state index is 0.0142. The molecular formula is C19H15ClF2N4O. The number of rotatable bonds is 4. The number of para-hydroxylation sites is 1. The monoisotopic (exact) mass is 388 g/mol. The molecule has 5 nitrogen and oxygen atoms in total. The first-order valence-electron chi connectivity index (χ1n) is 7.97. The van der Waals surface area contributed by atoms with E-state index >= 15 is 0 Å². The molecule has 2 N–H and O–H groups in total. The molecule has 0 aliphatic rings. The largest absolute Gasteiger partial charge is 0.319 e. The van der Waals surface area contributed by atoms with E-state index in [9.17, 15) is 13.6 Å². The Labute approximate surface area is 159 Å². The molecule has 0 aliphatic heterocycles. The van der Waals surface area contributed by atoms with E-state index in [1.165, 1.54) is 18.3 Å². The third-order valence-electron chi connectivity index (χ3n) is 3.76. The van der Waals surface area contributed by atoms with Crippen LogP contribution in [-0.2, 0) is 0 Å². The summed E-state index contributed by atoms with van der Waals surface area (Å²) in [6, 6.07) is 8.45. The van der Waals surface area contributed by atoms with Gasteiger partial charge in [-0.25, -0.2) is 18.7 Å². The van der Waals surface area contributed by atoms with E-state index in [1.807, 2.05) is 19.9 Å². The first-order chi connectivity index (χ1) is 12.8. The normalized spacial score (nSPS) is 10.6. The molecule has 0 atom stereocenters. The predicted molar refractivity (Wildman–Crippen MR) is 101 cm³/mol. The Kier molecular flexibility index (Phi) is 5.32. The first kappa shape index (κ1) is 18.7. The summed E-state index contributed by atoms with van der Waals surface area (Å²) < 4.78 is 27.5. The number of hydrogen-bond acceptors (Lipinski definition) is 4. The van der Waals surface area contributed by atoms with Gasteiger partial charge in [-0.2, -0.15) is 0 Å². The van der Waals surface area contributed by atoms with Crippen molar-refractivity contribution in [2.75, 3.05) is 10.6 Å². The van der Waals surface area contributed by atoms with Gasteiger partial charge in [0.1, 0.15) is 23.0 Å². The number of halogens is 3. The van der Waals surface area contributed by atoms with Crippen LogP contribution in [0.25, 0.3) is 0 Å². The van der Waals surface area contributed by atoms with Gasteiger partial charge in [0, 0.05) is 6.20 Å². The van der Waals surface area contributed by atoms with Gasteiger partial charge in [0.2, 0.25) is 5.95 Å². The Morgan fingerprint density at radius 1 is 1.07 bits per heavy atom. The summed E-state index contributed by atoms with van der Waals surface area (Å²) in [6.07, 6.45) is 1.31. The molecule has 27 heavy (non-hydrogen) atoms. The minimum Gasteiger partial charge on any atom is -0.319 e. The Bertz CT molecular complexity index is 983. The molecule has 2 aromatic carbocycles. The van der Waals surface area contributed by atoms with Crippen molar-refractivity contribution in [1.29, 1.82) is 0 Å². The molecule has 0 unspecified atom stereocenters. The molecule has 8 heteroatoms. The molecule has 0 saturated carbocycles. The van der Waals surface area contributed by atoms with Crippen molar-refractivity contribution in [2.45, 2.75) is 13.8 Å². The van der Waals surface area contributed by atoms with Crippen LogP contribution in [0.1, 0.15) is 21.6 Å². The zero-order valence-electron chi connectivity index (χ0n) is 14.5. The van der Waals surface area contributed by atoms with E-state index < -0.39 is 23.2 Å². The quantitative estimate of drug-likeness (QED) is 0.658. The van der Waals surface area contributed by atoms with Crippen molar-refractivity contribution in [3.8, 4) is 0 Å². The number of anilines is 3. The average molecular weight is 389 g/mol. The van der Waals surface area contributed by atoms with Crippen molar-refractivity contribution in [3.05, 3.63) is 76.1 Å². The number of benzene rings is 2. The van der Waals surface area contributed by atoms with Crippen LogP contribution in [0.4, 0.5) is 26.1 Å². The van der Waals surface area contributed by atoms with Gasteiger partial charge in [0.15, 0.2) is 0 Å². The number of amides is 1. The lowest BCUT2D eigenvalue weighted by Gasteiger charge is -2.12. The zero-order valence-corrected chi connectivity index (χ0v) is 15.2. The summed E-state index contributed by atoms with van der Waals surface area (Å²) in [5.74, 6) is -2.23. The topological polar surface area (TPSA) is 66.9 Å². The molecule has 3 rings (SSSR count). The lowest BCUT2D eigenvalue weighted by molar-refractivity contribution is 0.102. The van der Waals surface area contributed by atoms with Gasteiger partial charge in [-0.3, -0.25) is 4.79 Å². The van der Waals surface area contributed by atoms with Crippen LogP contribution in [0.5, 0.6) is 0 Å². The third kappa shape index (κ3) is 4.20. The maximum atomic E-state index is 13.8. The fourth-order valence-electron chi connectivity index (χ4n) is 2.53. The number of aryl methyl sites for hydroxylation is 2. The van der Waals surface area contributed by atoms with E-state index in [0.29, 0.717) is 10.7 Å².